The molecule has 0 fully saturated rings. The zero-order valence-electron chi connectivity index (χ0n) is 20.5. The quantitative estimate of drug-likeness (QED) is 0.110. The zero-order chi connectivity index (χ0) is 23.7. The first kappa shape index (κ1) is 29.9. The molecular formula is C28H46O4. The van der Waals surface area contributed by atoms with E-state index >= 15 is 0 Å². The molecule has 0 bridgehead atoms. The van der Waals surface area contributed by atoms with Gasteiger partial charge < -0.3 is 9.84 Å². The van der Waals surface area contributed by atoms with Crippen LogP contribution >= 0.6 is 0 Å². The Morgan fingerprint density at radius 2 is 1.16 bits per heavy atom. The SMILES string of the molecule is CC/C=C\C/C=C\C/C=C\C/C=C\CCCCCCCCCCC(=O)OC(CC)C(=O)O. The van der Waals surface area contributed by atoms with E-state index in [4.69, 9.17) is 9.84 Å². The van der Waals surface area contributed by atoms with Gasteiger partial charge in [0.2, 0.25) is 0 Å². The number of rotatable bonds is 21. The molecule has 0 aliphatic heterocycles. The molecule has 1 atom stereocenters. The summed E-state index contributed by atoms with van der Waals surface area (Å²) < 4.78 is 4.95. The summed E-state index contributed by atoms with van der Waals surface area (Å²) in [6.07, 6.45) is 32.0. The number of unbranched alkanes of at least 4 members (excludes halogenated alkanes) is 8. The first-order chi connectivity index (χ1) is 15.6. The monoisotopic (exact) mass is 446 g/mol. The maximum absolute atomic E-state index is 11.6. The largest absolute Gasteiger partial charge is 0.479 e. The van der Waals surface area contributed by atoms with Gasteiger partial charge in [0.25, 0.3) is 0 Å². The number of carboxylic acids is 1. The minimum absolute atomic E-state index is 0.309. The fourth-order valence-electron chi connectivity index (χ4n) is 3.22. The Morgan fingerprint density at radius 1 is 0.688 bits per heavy atom. The second-order valence-electron chi connectivity index (χ2n) is 8.09. The lowest BCUT2D eigenvalue weighted by Gasteiger charge is -2.11. The highest BCUT2D eigenvalue weighted by Gasteiger charge is 2.19. The highest BCUT2D eigenvalue weighted by molar-refractivity contribution is 5.77. The van der Waals surface area contributed by atoms with Crippen molar-refractivity contribution in [3.8, 4) is 0 Å². The molecule has 0 saturated heterocycles. The summed E-state index contributed by atoms with van der Waals surface area (Å²) in [7, 11) is 0. The number of carbonyl (C=O) groups is 2. The Labute approximate surface area is 196 Å². The van der Waals surface area contributed by atoms with Crippen LogP contribution in [0.15, 0.2) is 48.6 Å². The molecule has 0 aliphatic rings. The van der Waals surface area contributed by atoms with Crippen molar-refractivity contribution in [2.75, 3.05) is 0 Å². The number of hydrogen-bond acceptors (Lipinski definition) is 3. The van der Waals surface area contributed by atoms with Crippen LogP contribution in [0.3, 0.4) is 0 Å². The molecule has 0 aromatic rings. The highest BCUT2D eigenvalue weighted by atomic mass is 16.6. The summed E-state index contributed by atoms with van der Waals surface area (Å²) in [5.41, 5.74) is 0. The van der Waals surface area contributed by atoms with Crippen LogP contribution in [0.2, 0.25) is 0 Å². The summed E-state index contributed by atoms with van der Waals surface area (Å²) in [4.78, 5) is 22.5. The first-order valence-electron chi connectivity index (χ1n) is 12.6. The van der Waals surface area contributed by atoms with Crippen molar-refractivity contribution < 1.29 is 19.4 Å². The molecule has 0 spiro atoms. The number of aliphatic carboxylic acids is 1. The van der Waals surface area contributed by atoms with Gasteiger partial charge in [-0.2, -0.15) is 0 Å². The predicted molar refractivity (Wildman–Crippen MR) is 135 cm³/mol. The van der Waals surface area contributed by atoms with Crippen molar-refractivity contribution in [1.29, 1.82) is 0 Å². The number of allylic oxidation sites excluding steroid dienone is 8. The van der Waals surface area contributed by atoms with Crippen molar-refractivity contribution in [2.24, 2.45) is 0 Å². The van der Waals surface area contributed by atoms with E-state index in [1.807, 2.05) is 0 Å². The molecule has 4 nitrogen and oxygen atoms in total. The Bertz CT molecular complexity index is 572. The molecule has 0 amide bonds. The predicted octanol–water partition coefficient (Wildman–Crippen LogP) is 8.10. The average molecular weight is 447 g/mol. The minimum Gasteiger partial charge on any atom is -0.479 e. The summed E-state index contributed by atoms with van der Waals surface area (Å²) in [5, 5.41) is 8.88. The van der Waals surface area contributed by atoms with E-state index in [0.717, 1.165) is 51.4 Å². The number of carboxylic acid groups (broad SMARTS) is 1. The molecule has 182 valence electrons. The molecule has 32 heavy (non-hydrogen) atoms. The summed E-state index contributed by atoms with van der Waals surface area (Å²) in [6, 6.07) is 0. The van der Waals surface area contributed by atoms with Gasteiger partial charge in [-0.15, -0.1) is 0 Å². The Morgan fingerprint density at radius 3 is 1.66 bits per heavy atom. The molecular weight excluding hydrogens is 400 g/mol. The number of carbonyl (C=O) groups excluding carboxylic acids is 1. The van der Waals surface area contributed by atoms with Crippen molar-refractivity contribution in [1.82, 2.24) is 0 Å². The first-order valence-corrected chi connectivity index (χ1v) is 12.6. The van der Waals surface area contributed by atoms with E-state index in [-0.39, 0.29) is 0 Å². The Kier molecular flexibility index (Phi) is 22.0. The standard InChI is InChI=1S/C28H46O4/c1-3-5-6-7-8-9-10-11-12-13-14-15-16-17-18-19-20-21-22-23-24-25-27(29)32-26(4-2)28(30)31/h5-6,8-9,11-12,14-15,26H,3-4,7,10,13,16-25H2,1-2H3,(H,30,31)/b6-5-,9-8-,12-11-,15-14-. The van der Waals surface area contributed by atoms with Gasteiger partial charge in [-0.25, -0.2) is 4.79 Å². The van der Waals surface area contributed by atoms with Gasteiger partial charge in [0, 0.05) is 6.42 Å². The van der Waals surface area contributed by atoms with Crippen LogP contribution in [0.1, 0.15) is 110 Å². The third-order valence-corrected chi connectivity index (χ3v) is 5.14. The Balaban J connectivity index is 3.41. The van der Waals surface area contributed by atoms with Crippen LogP contribution in [0.5, 0.6) is 0 Å². The normalized spacial score (nSPS) is 13.1. The topological polar surface area (TPSA) is 63.6 Å². The van der Waals surface area contributed by atoms with Crippen molar-refractivity contribution >= 4 is 11.9 Å². The van der Waals surface area contributed by atoms with Crippen LogP contribution in [-0.4, -0.2) is 23.1 Å². The van der Waals surface area contributed by atoms with Crippen molar-refractivity contribution in [3.05, 3.63) is 48.6 Å². The van der Waals surface area contributed by atoms with Crippen LogP contribution in [0.4, 0.5) is 0 Å². The molecule has 0 aromatic carbocycles. The molecule has 4 heteroatoms. The molecule has 1 unspecified atom stereocenters. The fourth-order valence-corrected chi connectivity index (χ4v) is 3.22. The van der Waals surface area contributed by atoms with E-state index in [1.165, 1.54) is 32.1 Å². The van der Waals surface area contributed by atoms with E-state index in [0.29, 0.717) is 12.8 Å². The molecule has 0 rings (SSSR count). The van der Waals surface area contributed by atoms with Gasteiger partial charge in [0.1, 0.15) is 0 Å². The molecule has 0 aromatic heterocycles. The number of esters is 1. The van der Waals surface area contributed by atoms with E-state index < -0.39 is 18.0 Å². The second kappa shape index (κ2) is 23.6. The van der Waals surface area contributed by atoms with Gasteiger partial charge in [-0.1, -0.05) is 101 Å². The second-order valence-corrected chi connectivity index (χ2v) is 8.09. The van der Waals surface area contributed by atoms with Gasteiger partial charge >= 0.3 is 11.9 Å². The lowest BCUT2D eigenvalue weighted by Crippen LogP contribution is -2.26. The minimum atomic E-state index is -1.07. The van der Waals surface area contributed by atoms with Crippen molar-refractivity contribution in [2.45, 2.75) is 116 Å². The van der Waals surface area contributed by atoms with E-state index in [1.54, 1.807) is 6.92 Å². The van der Waals surface area contributed by atoms with Crippen LogP contribution in [0, 0.1) is 0 Å². The zero-order valence-corrected chi connectivity index (χ0v) is 20.5. The lowest BCUT2D eigenvalue weighted by atomic mass is 10.1. The van der Waals surface area contributed by atoms with Gasteiger partial charge in [0.15, 0.2) is 6.10 Å². The molecule has 0 radical (unpaired) electrons. The van der Waals surface area contributed by atoms with E-state index in [9.17, 15) is 9.59 Å². The number of hydrogen-bond donors (Lipinski definition) is 1. The molecule has 0 aliphatic carbocycles. The third-order valence-electron chi connectivity index (χ3n) is 5.14. The molecule has 1 N–H and O–H groups in total. The van der Waals surface area contributed by atoms with Crippen molar-refractivity contribution in [3.63, 3.8) is 0 Å². The third kappa shape index (κ3) is 21.1. The maximum Gasteiger partial charge on any atom is 0.345 e. The Hall–Kier alpha value is -2.10. The summed E-state index contributed by atoms with van der Waals surface area (Å²) >= 11 is 0. The highest BCUT2D eigenvalue weighted by Crippen LogP contribution is 2.12. The lowest BCUT2D eigenvalue weighted by molar-refractivity contribution is -0.164. The van der Waals surface area contributed by atoms with Gasteiger partial charge in [-0.3, -0.25) is 4.79 Å². The van der Waals surface area contributed by atoms with Crippen LogP contribution < -0.4 is 0 Å². The van der Waals surface area contributed by atoms with Crippen LogP contribution in [0.25, 0.3) is 0 Å². The smallest absolute Gasteiger partial charge is 0.345 e. The van der Waals surface area contributed by atoms with Gasteiger partial charge in [0.05, 0.1) is 0 Å². The maximum atomic E-state index is 11.6. The van der Waals surface area contributed by atoms with Gasteiger partial charge in [-0.05, 0) is 51.4 Å². The molecule has 0 saturated carbocycles. The average Bonchev–Trinajstić information content (AvgIpc) is 2.78. The fraction of sp³-hybridized carbons (Fsp3) is 0.643. The summed E-state index contributed by atoms with van der Waals surface area (Å²) in [6.45, 7) is 3.86. The van der Waals surface area contributed by atoms with Crippen LogP contribution in [-0.2, 0) is 14.3 Å². The van der Waals surface area contributed by atoms with E-state index in [2.05, 4.69) is 55.5 Å². The molecule has 0 heterocycles. The number of ether oxygens (including phenoxy) is 1. The summed E-state index contributed by atoms with van der Waals surface area (Å²) in [5.74, 6) is -1.46.